The van der Waals surface area contributed by atoms with Gasteiger partial charge in [0.1, 0.15) is 0 Å². The van der Waals surface area contributed by atoms with E-state index in [0.29, 0.717) is 11.0 Å². The van der Waals surface area contributed by atoms with E-state index in [2.05, 4.69) is 50.1 Å². The normalized spacial score (nSPS) is 46.7. The molecular formula is C23H33N. The second kappa shape index (κ2) is 5.02. The number of benzene rings is 1. The van der Waals surface area contributed by atoms with Crippen molar-refractivity contribution in [1.29, 1.82) is 0 Å². The first kappa shape index (κ1) is 15.3. The number of para-hydroxylation sites is 1. The fourth-order valence-corrected chi connectivity index (χ4v) is 7.63. The summed E-state index contributed by atoms with van der Waals surface area (Å²) in [4.78, 5) is 2.70. The van der Waals surface area contributed by atoms with Crippen molar-refractivity contribution in [2.24, 2.45) is 23.7 Å². The summed E-state index contributed by atoms with van der Waals surface area (Å²) in [5.74, 6) is 3.94. The maximum absolute atomic E-state index is 2.70. The average Bonchev–Trinajstić information content (AvgIpc) is 2.80. The second-order valence-corrected chi connectivity index (χ2v) is 9.74. The third-order valence-electron chi connectivity index (χ3n) is 9.21. The molecule has 24 heavy (non-hydrogen) atoms. The Labute approximate surface area is 147 Å². The molecule has 0 amide bonds. The van der Waals surface area contributed by atoms with Crippen LogP contribution in [0, 0.1) is 23.7 Å². The maximum Gasteiger partial charge on any atom is 0.0496 e. The summed E-state index contributed by atoms with van der Waals surface area (Å²) in [6.45, 7) is 5.20. The predicted molar refractivity (Wildman–Crippen MR) is 101 cm³/mol. The Morgan fingerprint density at radius 1 is 0.917 bits per heavy atom. The molecule has 0 N–H and O–H groups in total. The Morgan fingerprint density at radius 2 is 1.62 bits per heavy atom. The lowest BCUT2D eigenvalue weighted by atomic mass is 9.48. The van der Waals surface area contributed by atoms with Gasteiger partial charge in [-0.05, 0) is 67.9 Å². The van der Waals surface area contributed by atoms with Gasteiger partial charge in [0.25, 0.3) is 0 Å². The molecule has 0 saturated heterocycles. The molecule has 6 unspecified atom stereocenters. The lowest BCUT2D eigenvalue weighted by molar-refractivity contribution is -0.0233. The number of anilines is 1. The highest BCUT2D eigenvalue weighted by atomic mass is 15.2. The van der Waals surface area contributed by atoms with Gasteiger partial charge in [0.05, 0.1) is 0 Å². The maximum atomic E-state index is 2.70. The summed E-state index contributed by atoms with van der Waals surface area (Å²) in [7, 11) is 2.39. The van der Waals surface area contributed by atoms with Crippen molar-refractivity contribution in [3.63, 3.8) is 0 Å². The van der Waals surface area contributed by atoms with Crippen LogP contribution in [-0.2, 0) is 5.41 Å². The van der Waals surface area contributed by atoms with E-state index >= 15 is 0 Å². The van der Waals surface area contributed by atoms with Crippen LogP contribution in [-0.4, -0.2) is 12.6 Å². The smallest absolute Gasteiger partial charge is 0.0496 e. The molecule has 0 aromatic heterocycles. The number of rotatable bonds is 0. The van der Waals surface area contributed by atoms with Crippen LogP contribution in [0.3, 0.4) is 0 Å². The first-order valence-electron chi connectivity index (χ1n) is 10.4. The fraction of sp³-hybridized carbons (Fsp3) is 0.739. The molecule has 1 aliphatic heterocycles. The lowest BCUT2D eigenvalue weighted by Crippen LogP contribution is -2.64. The number of fused-ring (bicyclic) bond motifs is 6. The summed E-state index contributed by atoms with van der Waals surface area (Å²) in [6.07, 6.45) is 11.9. The van der Waals surface area contributed by atoms with Gasteiger partial charge in [-0.2, -0.15) is 0 Å². The van der Waals surface area contributed by atoms with Crippen LogP contribution in [0.4, 0.5) is 5.69 Å². The van der Waals surface area contributed by atoms with Crippen LogP contribution < -0.4 is 4.90 Å². The molecule has 0 spiro atoms. The first-order chi connectivity index (χ1) is 11.6. The van der Waals surface area contributed by atoms with Gasteiger partial charge in [-0.15, -0.1) is 0 Å². The molecule has 5 rings (SSSR count). The van der Waals surface area contributed by atoms with Crippen LogP contribution in [0.2, 0.25) is 0 Å². The molecule has 130 valence electrons. The van der Waals surface area contributed by atoms with Gasteiger partial charge < -0.3 is 4.90 Å². The van der Waals surface area contributed by atoms with Crippen LogP contribution in [0.15, 0.2) is 24.3 Å². The molecule has 3 saturated carbocycles. The van der Waals surface area contributed by atoms with Crippen molar-refractivity contribution in [2.75, 3.05) is 11.9 Å². The van der Waals surface area contributed by atoms with E-state index in [1.165, 1.54) is 57.1 Å². The van der Waals surface area contributed by atoms with Gasteiger partial charge in [0.2, 0.25) is 0 Å². The molecule has 4 aliphatic rings. The Balaban J connectivity index is 1.57. The monoisotopic (exact) mass is 323 g/mol. The quantitative estimate of drug-likeness (QED) is 0.585. The summed E-state index contributed by atoms with van der Waals surface area (Å²) in [5, 5.41) is 0. The van der Waals surface area contributed by atoms with Gasteiger partial charge in [0, 0.05) is 23.7 Å². The van der Waals surface area contributed by atoms with E-state index in [0.717, 1.165) is 23.7 Å². The zero-order valence-corrected chi connectivity index (χ0v) is 15.7. The minimum atomic E-state index is 0.308. The summed E-state index contributed by atoms with van der Waals surface area (Å²) >= 11 is 0. The molecule has 1 aromatic carbocycles. The van der Waals surface area contributed by atoms with Crippen LogP contribution >= 0.6 is 0 Å². The van der Waals surface area contributed by atoms with E-state index in [1.54, 1.807) is 5.56 Å². The summed E-state index contributed by atoms with van der Waals surface area (Å²) in [5.41, 5.74) is 3.77. The summed E-state index contributed by atoms with van der Waals surface area (Å²) < 4.78 is 0. The molecule has 1 heteroatoms. The minimum Gasteiger partial charge on any atom is -0.368 e. The zero-order valence-electron chi connectivity index (χ0n) is 15.7. The number of hydrogen-bond acceptors (Lipinski definition) is 1. The van der Waals surface area contributed by atoms with Gasteiger partial charge in [0.15, 0.2) is 0 Å². The van der Waals surface area contributed by atoms with E-state index < -0.39 is 0 Å². The first-order valence-corrected chi connectivity index (χ1v) is 10.4. The van der Waals surface area contributed by atoms with E-state index in [-0.39, 0.29) is 0 Å². The van der Waals surface area contributed by atoms with Crippen LogP contribution in [0.25, 0.3) is 0 Å². The molecule has 1 aromatic rings. The van der Waals surface area contributed by atoms with E-state index in [1.807, 2.05) is 0 Å². The van der Waals surface area contributed by atoms with E-state index in [4.69, 9.17) is 0 Å². The molecule has 0 radical (unpaired) electrons. The number of nitrogens with zero attached hydrogens (tertiary/aromatic N) is 1. The van der Waals surface area contributed by atoms with Crippen molar-refractivity contribution >= 4 is 5.69 Å². The topological polar surface area (TPSA) is 3.24 Å². The Kier molecular flexibility index (Phi) is 3.20. The van der Waals surface area contributed by atoms with Gasteiger partial charge >= 0.3 is 0 Å². The van der Waals surface area contributed by atoms with Crippen molar-refractivity contribution in [1.82, 2.24) is 0 Å². The highest BCUT2D eigenvalue weighted by Crippen LogP contribution is 2.65. The highest BCUT2D eigenvalue weighted by Gasteiger charge is 2.63. The molecule has 3 aliphatic carbocycles. The zero-order chi connectivity index (χ0) is 16.5. The minimum absolute atomic E-state index is 0.308. The average molecular weight is 324 g/mol. The van der Waals surface area contributed by atoms with Crippen molar-refractivity contribution < 1.29 is 0 Å². The second-order valence-electron chi connectivity index (χ2n) is 9.74. The summed E-state index contributed by atoms with van der Waals surface area (Å²) in [6, 6.07) is 9.28. The molecule has 0 bridgehead atoms. The highest BCUT2D eigenvalue weighted by molar-refractivity contribution is 5.66. The Morgan fingerprint density at radius 3 is 2.42 bits per heavy atom. The van der Waals surface area contributed by atoms with Gasteiger partial charge in [-0.1, -0.05) is 50.8 Å². The van der Waals surface area contributed by atoms with Crippen molar-refractivity contribution in [2.45, 2.75) is 76.2 Å². The van der Waals surface area contributed by atoms with Crippen LogP contribution in [0.1, 0.15) is 70.8 Å². The third kappa shape index (κ3) is 1.72. The standard InChI is InChI=1S/C23H33N/c1-22-13-12-18-14-16-8-4-5-9-17(16)15-20(18)23(22,2)24(3)21-11-7-6-10-19(21)22/h6-7,10-11,16-18,20H,4-5,8-9,12-15H2,1-3H3. The SMILES string of the molecule is CN1c2ccccc2C2(C)CCC3CC4CCCCC4CC3C12C. The molecule has 6 atom stereocenters. The Bertz CT molecular complexity index is 651. The molecule has 1 heterocycles. The number of likely N-dealkylation sites (N-methyl/N-ethyl adjacent to an activating group) is 1. The fourth-order valence-electron chi connectivity index (χ4n) is 7.63. The molecular weight excluding hydrogens is 290 g/mol. The van der Waals surface area contributed by atoms with Crippen LogP contribution in [0.5, 0.6) is 0 Å². The van der Waals surface area contributed by atoms with Crippen molar-refractivity contribution in [3.05, 3.63) is 29.8 Å². The largest absolute Gasteiger partial charge is 0.368 e. The molecule has 1 nitrogen and oxygen atoms in total. The third-order valence-corrected chi connectivity index (χ3v) is 9.21. The lowest BCUT2D eigenvalue weighted by Gasteiger charge is -2.60. The number of hydrogen-bond donors (Lipinski definition) is 0. The van der Waals surface area contributed by atoms with Gasteiger partial charge in [-0.3, -0.25) is 0 Å². The van der Waals surface area contributed by atoms with E-state index in [9.17, 15) is 0 Å². The van der Waals surface area contributed by atoms with Gasteiger partial charge in [-0.25, -0.2) is 0 Å². The predicted octanol–water partition coefficient (Wildman–Crippen LogP) is 5.78. The molecule has 3 fully saturated rings. The Hall–Kier alpha value is -0.980. The van der Waals surface area contributed by atoms with Crippen molar-refractivity contribution in [3.8, 4) is 0 Å².